The minimum absolute atomic E-state index is 0.0225. The first-order valence-corrected chi connectivity index (χ1v) is 8.95. The Hall–Kier alpha value is -1.11. The van der Waals surface area contributed by atoms with Gasteiger partial charge in [-0.25, -0.2) is 8.42 Å². The highest BCUT2D eigenvalue weighted by atomic mass is 32.2. The smallest absolute Gasteiger partial charge is 0.243 e. The molecule has 6 heteroatoms. The first-order chi connectivity index (χ1) is 10.1. The van der Waals surface area contributed by atoms with Crippen LogP contribution in [-0.2, 0) is 16.4 Å². The SMILES string of the molecule is O=S(=O)(c1ccc2c(c1)CCO2)N1CCCCC1CCO. The van der Waals surface area contributed by atoms with Crippen molar-refractivity contribution >= 4 is 10.0 Å². The first kappa shape index (κ1) is 14.8. The molecule has 2 aliphatic rings. The Morgan fingerprint density at radius 1 is 1.33 bits per heavy atom. The van der Waals surface area contributed by atoms with Crippen molar-refractivity contribution in [1.29, 1.82) is 0 Å². The highest BCUT2D eigenvalue weighted by Gasteiger charge is 2.33. The number of aliphatic hydroxyl groups excluding tert-OH is 1. The van der Waals surface area contributed by atoms with Gasteiger partial charge in [0.05, 0.1) is 11.5 Å². The molecule has 0 amide bonds. The van der Waals surface area contributed by atoms with Gasteiger partial charge in [0.15, 0.2) is 0 Å². The predicted molar refractivity (Wildman–Crippen MR) is 78.9 cm³/mol. The Labute approximate surface area is 125 Å². The van der Waals surface area contributed by atoms with Gasteiger partial charge >= 0.3 is 0 Å². The molecule has 0 aromatic heterocycles. The molecule has 1 unspecified atom stereocenters. The van der Waals surface area contributed by atoms with Gasteiger partial charge in [0.1, 0.15) is 5.75 Å². The number of rotatable bonds is 4. The highest BCUT2D eigenvalue weighted by molar-refractivity contribution is 7.89. The van der Waals surface area contributed by atoms with Gasteiger partial charge in [-0.05, 0) is 43.0 Å². The molecule has 2 heterocycles. The monoisotopic (exact) mass is 311 g/mol. The quantitative estimate of drug-likeness (QED) is 0.916. The number of nitrogens with zero attached hydrogens (tertiary/aromatic N) is 1. The summed E-state index contributed by atoms with van der Waals surface area (Å²) in [4.78, 5) is 0.344. The van der Waals surface area contributed by atoms with Gasteiger partial charge < -0.3 is 9.84 Å². The topological polar surface area (TPSA) is 66.8 Å². The van der Waals surface area contributed by atoms with Gasteiger partial charge in [-0.1, -0.05) is 6.42 Å². The third-order valence-electron chi connectivity index (χ3n) is 4.30. The van der Waals surface area contributed by atoms with Crippen molar-refractivity contribution in [2.24, 2.45) is 0 Å². The van der Waals surface area contributed by atoms with Crippen LogP contribution >= 0.6 is 0 Å². The molecule has 1 fully saturated rings. The van der Waals surface area contributed by atoms with Crippen LogP contribution in [0.1, 0.15) is 31.2 Å². The van der Waals surface area contributed by atoms with Crippen LogP contribution < -0.4 is 4.74 Å². The second-order valence-corrected chi connectivity index (χ2v) is 7.54. The van der Waals surface area contributed by atoms with Crippen molar-refractivity contribution < 1.29 is 18.3 Å². The maximum atomic E-state index is 12.9. The number of sulfonamides is 1. The molecule has 116 valence electrons. The summed E-state index contributed by atoms with van der Waals surface area (Å²) < 4.78 is 32.8. The number of hydrogen-bond donors (Lipinski definition) is 1. The van der Waals surface area contributed by atoms with Crippen molar-refractivity contribution in [3.63, 3.8) is 0 Å². The molecule has 0 saturated carbocycles. The van der Waals surface area contributed by atoms with Crippen LogP contribution in [0.15, 0.2) is 23.1 Å². The third-order valence-corrected chi connectivity index (χ3v) is 6.25. The van der Waals surface area contributed by atoms with Crippen molar-refractivity contribution in [3.8, 4) is 5.75 Å². The molecule has 5 nitrogen and oxygen atoms in total. The van der Waals surface area contributed by atoms with Crippen LogP contribution in [0.25, 0.3) is 0 Å². The lowest BCUT2D eigenvalue weighted by Crippen LogP contribution is -2.44. The number of aliphatic hydroxyl groups is 1. The van der Waals surface area contributed by atoms with Crippen LogP contribution in [0.2, 0.25) is 0 Å². The molecule has 21 heavy (non-hydrogen) atoms. The largest absolute Gasteiger partial charge is 0.493 e. The maximum Gasteiger partial charge on any atom is 0.243 e. The lowest BCUT2D eigenvalue weighted by molar-refractivity contribution is 0.192. The van der Waals surface area contributed by atoms with Crippen LogP contribution in [-0.4, -0.2) is 43.6 Å². The summed E-state index contributed by atoms with van der Waals surface area (Å²) in [6.45, 7) is 1.19. The van der Waals surface area contributed by atoms with E-state index in [0.717, 1.165) is 37.0 Å². The molecule has 3 rings (SSSR count). The van der Waals surface area contributed by atoms with Gasteiger partial charge in [0, 0.05) is 25.6 Å². The summed E-state index contributed by atoms with van der Waals surface area (Å²) in [6.07, 6.45) is 4.00. The second kappa shape index (κ2) is 5.94. The molecule has 0 bridgehead atoms. The van der Waals surface area contributed by atoms with E-state index in [-0.39, 0.29) is 12.6 Å². The molecule has 1 aromatic carbocycles. The Balaban J connectivity index is 1.91. The summed E-state index contributed by atoms with van der Waals surface area (Å²) in [5, 5.41) is 9.16. The molecule has 1 atom stereocenters. The maximum absolute atomic E-state index is 12.9. The van der Waals surface area contributed by atoms with Crippen molar-refractivity contribution in [1.82, 2.24) is 4.31 Å². The fraction of sp³-hybridized carbons (Fsp3) is 0.600. The second-order valence-electron chi connectivity index (χ2n) is 5.65. The third kappa shape index (κ3) is 2.80. The molecular formula is C15H21NO4S. The molecule has 0 aliphatic carbocycles. The minimum Gasteiger partial charge on any atom is -0.493 e. The number of benzene rings is 1. The van der Waals surface area contributed by atoms with Gasteiger partial charge in [-0.2, -0.15) is 4.31 Å². The van der Waals surface area contributed by atoms with E-state index in [0.29, 0.717) is 24.5 Å². The minimum atomic E-state index is -3.49. The first-order valence-electron chi connectivity index (χ1n) is 7.51. The number of piperidine rings is 1. The van der Waals surface area contributed by atoms with E-state index in [2.05, 4.69) is 0 Å². The van der Waals surface area contributed by atoms with Crippen molar-refractivity contribution in [3.05, 3.63) is 23.8 Å². The van der Waals surface area contributed by atoms with E-state index in [1.54, 1.807) is 22.5 Å². The Morgan fingerprint density at radius 3 is 3.00 bits per heavy atom. The number of ether oxygens (including phenoxy) is 1. The van der Waals surface area contributed by atoms with E-state index < -0.39 is 10.0 Å². The van der Waals surface area contributed by atoms with E-state index in [9.17, 15) is 8.42 Å². The highest BCUT2D eigenvalue weighted by Crippen LogP contribution is 2.31. The summed E-state index contributed by atoms with van der Waals surface area (Å²) in [5.74, 6) is 0.791. The predicted octanol–water partition coefficient (Wildman–Crippen LogP) is 1.55. The van der Waals surface area contributed by atoms with E-state index >= 15 is 0 Å². The molecule has 1 N–H and O–H groups in total. The zero-order valence-electron chi connectivity index (χ0n) is 12.0. The normalized spacial score (nSPS) is 22.8. The van der Waals surface area contributed by atoms with Gasteiger partial charge in [0.25, 0.3) is 0 Å². The fourth-order valence-electron chi connectivity index (χ4n) is 3.19. The number of fused-ring (bicyclic) bond motifs is 1. The standard InChI is InChI=1S/C15H21NO4S/c17-9-6-13-3-1-2-8-16(13)21(18,19)14-4-5-15-12(11-14)7-10-20-15/h4-5,11,13,17H,1-3,6-10H2. The average molecular weight is 311 g/mol. The van der Waals surface area contributed by atoms with Crippen LogP contribution in [0.5, 0.6) is 5.75 Å². The van der Waals surface area contributed by atoms with E-state index in [1.807, 2.05) is 0 Å². The zero-order valence-corrected chi connectivity index (χ0v) is 12.8. The van der Waals surface area contributed by atoms with Crippen LogP contribution in [0, 0.1) is 0 Å². The van der Waals surface area contributed by atoms with Gasteiger partial charge in [-0.15, -0.1) is 0 Å². The molecule has 1 saturated heterocycles. The average Bonchev–Trinajstić information content (AvgIpc) is 2.95. The molecule has 0 radical (unpaired) electrons. The Kier molecular flexibility index (Phi) is 4.19. The Morgan fingerprint density at radius 2 is 2.19 bits per heavy atom. The summed E-state index contributed by atoms with van der Waals surface area (Å²) in [6, 6.07) is 5.03. The van der Waals surface area contributed by atoms with Gasteiger partial charge in [-0.3, -0.25) is 0 Å². The fourth-order valence-corrected chi connectivity index (χ4v) is 4.96. The summed E-state index contributed by atoms with van der Waals surface area (Å²) in [5.41, 5.74) is 0.965. The van der Waals surface area contributed by atoms with E-state index in [4.69, 9.17) is 9.84 Å². The lowest BCUT2D eigenvalue weighted by Gasteiger charge is -2.34. The summed E-state index contributed by atoms with van der Waals surface area (Å²) >= 11 is 0. The van der Waals surface area contributed by atoms with Crippen molar-refractivity contribution in [2.75, 3.05) is 19.8 Å². The van der Waals surface area contributed by atoms with Crippen molar-refractivity contribution in [2.45, 2.75) is 43.0 Å². The Bertz CT molecular complexity index is 612. The molecular weight excluding hydrogens is 290 g/mol. The molecule has 1 aromatic rings. The zero-order chi connectivity index (χ0) is 14.9. The van der Waals surface area contributed by atoms with E-state index in [1.165, 1.54) is 0 Å². The van der Waals surface area contributed by atoms with Gasteiger partial charge in [0.2, 0.25) is 10.0 Å². The van der Waals surface area contributed by atoms with Crippen LogP contribution in [0.3, 0.4) is 0 Å². The molecule has 2 aliphatic heterocycles. The number of hydrogen-bond acceptors (Lipinski definition) is 4. The van der Waals surface area contributed by atoms with Crippen LogP contribution in [0.4, 0.5) is 0 Å². The lowest BCUT2D eigenvalue weighted by atomic mass is 10.0. The summed E-state index contributed by atoms with van der Waals surface area (Å²) in [7, 11) is -3.49. The molecule has 0 spiro atoms.